The Hall–Kier alpha value is -4.14. The van der Waals surface area contributed by atoms with Crippen LogP contribution in [-0.4, -0.2) is 50.0 Å². The molecule has 1 amide bonds. The molecule has 2 aromatic carbocycles. The summed E-state index contributed by atoms with van der Waals surface area (Å²) in [6.07, 6.45) is 4.26. The van der Waals surface area contributed by atoms with Gasteiger partial charge in [-0.1, -0.05) is 18.2 Å². The number of carbonyl (C=O) groups is 1. The maximum Gasteiger partial charge on any atom is 0.226 e. The monoisotopic (exact) mass is 485 g/mol. The third kappa shape index (κ3) is 5.40. The molecule has 0 unspecified atom stereocenters. The molecule has 5 rings (SSSR count). The smallest absolute Gasteiger partial charge is 0.226 e. The lowest BCUT2D eigenvalue weighted by molar-refractivity contribution is -0.127. The van der Waals surface area contributed by atoms with Crippen LogP contribution in [0.3, 0.4) is 0 Å². The van der Waals surface area contributed by atoms with Crippen molar-refractivity contribution in [2.24, 2.45) is 0 Å². The minimum absolute atomic E-state index is 0.209. The lowest BCUT2D eigenvalue weighted by atomic mass is 10.3. The highest BCUT2D eigenvalue weighted by atomic mass is 16.5. The van der Waals surface area contributed by atoms with Crippen LogP contribution in [-0.2, 0) is 4.79 Å². The number of amides is 1. The molecule has 3 heterocycles. The average molecular weight is 486 g/mol. The summed E-state index contributed by atoms with van der Waals surface area (Å²) in [6, 6.07) is 17.6. The number of carbonyl (C=O) groups excluding carboxylic acids is 1. The average Bonchev–Trinajstić information content (AvgIpc) is 3.50. The number of nitrogens with zero attached hydrogens (tertiary/aromatic N) is 5. The van der Waals surface area contributed by atoms with Gasteiger partial charge in [0.15, 0.2) is 17.0 Å². The summed E-state index contributed by atoms with van der Waals surface area (Å²) in [5.41, 5.74) is 2.35. The van der Waals surface area contributed by atoms with Crippen molar-refractivity contribution in [3.63, 3.8) is 0 Å². The van der Waals surface area contributed by atoms with Gasteiger partial charge in [-0.3, -0.25) is 4.79 Å². The molecule has 2 N–H and O–H groups in total. The van der Waals surface area contributed by atoms with Crippen LogP contribution in [0.25, 0.3) is 11.2 Å². The fourth-order valence-electron chi connectivity index (χ4n) is 4.24. The Labute approximate surface area is 210 Å². The summed E-state index contributed by atoms with van der Waals surface area (Å²) in [4.78, 5) is 27.8. The van der Waals surface area contributed by atoms with Gasteiger partial charge >= 0.3 is 0 Å². The van der Waals surface area contributed by atoms with Crippen molar-refractivity contribution < 1.29 is 9.53 Å². The van der Waals surface area contributed by atoms with E-state index in [4.69, 9.17) is 14.7 Å². The molecule has 0 atom stereocenters. The summed E-state index contributed by atoms with van der Waals surface area (Å²) in [6.45, 7) is 6.48. The number of fused-ring (bicyclic) bond motifs is 1. The molecule has 0 aliphatic carbocycles. The van der Waals surface area contributed by atoms with E-state index >= 15 is 0 Å². The first-order valence-electron chi connectivity index (χ1n) is 12.4. The van der Waals surface area contributed by atoms with Crippen molar-refractivity contribution in [3.8, 4) is 11.5 Å². The second-order valence-electron chi connectivity index (χ2n) is 9.14. The third-order valence-corrected chi connectivity index (χ3v) is 6.13. The molecule has 9 heteroatoms. The van der Waals surface area contributed by atoms with Gasteiger partial charge in [-0.2, -0.15) is 9.97 Å². The van der Waals surface area contributed by atoms with Gasteiger partial charge in [0, 0.05) is 37.8 Å². The van der Waals surface area contributed by atoms with Gasteiger partial charge in [0.1, 0.15) is 11.5 Å². The first-order chi connectivity index (χ1) is 17.6. The van der Waals surface area contributed by atoms with Gasteiger partial charge in [-0.15, -0.1) is 0 Å². The number of hydrogen-bond donors (Lipinski definition) is 2. The maximum atomic E-state index is 11.8. The Morgan fingerprint density at radius 3 is 2.53 bits per heavy atom. The number of likely N-dealkylation sites (tertiary alicyclic amines) is 1. The Balaban J connectivity index is 1.31. The van der Waals surface area contributed by atoms with E-state index in [2.05, 4.69) is 29.5 Å². The number of benzene rings is 2. The zero-order valence-corrected chi connectivity index (χ0v) is 20.6. The maximum absolute atomic E-state index is 11.8. The topological polar surface area (TPSA) is 97.2 Å². The number of hydrogen-bond acceptors (Lipinski definition) is 7. The van der Waals surface area contributed by atoms with Crippen LogP contribution in [0.15, 0.2) is 60.9 Å². The Bertz CT molecular complexity index is 1320. The van der Waals surface area contributed by atoms with Crippen molar-refractivity contribution in [1.29, 1.82) is 0 Å². The molecule has 1 saturated heterocycles. The van der Waals surface area contributed by atoms with Crippen LogP contribution < -0.4 is 15.4 Å². The molecule has 9 nitrogen and oxygen atoms in total. The number of para-hydroxylation sites is 1. The Morgan fingerprint density at radius 2 is 1.81 bits per heavy atom. The summed E-state index contributed by atoms with van der Waals surface area (Å²) in [5.74, 6) is 2.96. The number of ether oxygens (including phenoxy) is 1. The quantitative estimate of drug-likeness (QED) is 0.292. The van der Waals surface area contributed by atoms with Crippen molar-refractivity contribution in [2.45, 2.75) is 39.2 Å². The largest absolute Gasteiger partial charge is 0.457 e. The number of nitrogens with one attached hydrogen (secondary N) is 2. The molecular formula is C27H31N7O2. The predicted octanol–water partition coefficient (Wildman–Crippen LogP) is 5.37. The molecule has 1 fully saturated rings. The van der Waals surface area contributed by atoms with Crippen molar-refractivity contribution in [2.75, 3.05) is 30.3 Å². The highest BCUT2D eigenvalue weighted by Gasteiger charge is 2.19. The van der Waals surface area contributed by atoms with Crippen LogP contribution in [0.5, 0.6) is 11.5 Å². The van der Waals surface area contributed by atoms with Gasteiger partial charge in [0.25, 0.3) is 0 Å². The van der Waals surface area contributed by atoms with Gasteiger partial charge in [-0.25, -0.2) is 4.98 Å². The van der Waals surface area contributed by atoms with E-state index in [9.17, 15) is 4.79 Å². The zero-order chi connectivity index (χ0) is 24.9. The van der Waals surface area contributed by atoms with E-state index in [-0.39, 0.29) is 11.9 Å². The van der Waals surface area contributed by atoms with E-state index in [1.54, 1.807) is 6.33 Å². The standard InChI is InChI=1S/C27H31N7O2/c1-19(2)34-18-29-24-25(30-20-11-13-22(14-12-20)36-21-8-4-3-5-9-21)31-27(32-26(24)34)28-15-7-17-33-16-6-10-23(33)35/h3-5,8-9,11-14,18-19H,6-7,10,15-17H2,1-2H3,(H2,28,30,31,32). The highest BCUT2D eigenvalue weighted by molar-refractivity contribution is 5.86. The summed E-state index contributed by atoms with van der Waals surface area (Å²) in [7, 11) is 0. The second-order valence-corrected chi connectivity index (χ2v) is 9.14. The second kappa shape index (κ2) is 10.6. The predicted molar refractivity (Wildman–Crippen MR) is 141 cm³/mol. The lowest BCUT2D eigenvalue weighted by Crippen LogP contribution is -2.27. The molecule has 0 bridgehead atoms. The molecule has 0 radical (unpaired) electrons. The molecule has 186 valence electrons. The van der Waals surface area contributed by atoms with Crippen molar-refractivity contribution >= 4 is 34.5 Å². The minimum atomic E-state index is 0.209. The van der Waals surface area contributed by atoms with Gasteiger partial charge in [0.05, 0.1) is 6.33 Å². The Morgan fingerprint density at radius 1 is 1.03 bits per heavy atom. The van der Waals surface area contributed by atoms with Crippen LogP contribution in [0.4, 0.5) is 17.5 Å². The lowest BCUT2D eigenvalue weighted by Gasteiger charge is -2.16. The van der Waals surface area contributed by atoms with Gasteiger partial charge in [-0.05, 0) is 63.1 Å². The van der Waals surface area contributed by atoms with Crippen LogP contribution in [0.1, 0.15) is 39.2 Å². The minimum Gasteiger partial charge on any atom is -0.457 e. The summed E-state index contributed by atoms with van der Waals surface area (Å²) < 4.78 is 7.93. The summed E-state index contributed by atoms with van der Waals surface area (Å²) in [5, 5.41) is 6.73. The summed E-state index contributed by atoms with van der Waals surface area (Å²) >= 11 is 0. The SMILES string of the molecule is CC(C)n1cnc2c(Nc3ccc(Oc4ccccc4)cc3)nc(NCCCN3CCCC3=O)nc21. The van der Waals surface area contributed by atoms with Crippen LogP contribution in [0, 0.1) is 0 Å². The van der Waals surface area contributed by atoms with E-state index in [0.717, 1.165) is 48.8 Å². The third-order valence-electron chi connectivity index (χ3n) is 6.13. The number of anilines is 3. The van der Waals surface area contributed by atoms with E-state index < -0.39 is 0 Å². The zero-order valence-electron chi connectivity index (χ0n) is 20.6. The molecule has 4 aromatic rings. The van der Waals surface area contributed by atoms with Crippen molar-refractivity contribution in [1.82, 2.24) is 24.4 Å². The van der Waals surface area contributed by atoms with Gasteiger partial charge < -0.3 is 24.8 Å². The first kappa shape index (κ1) is 23.6. The normalized spacial score (nSPS) is 13.5. The molecule has 1 aliphatic heterocycles. The Kier molecular flexibility index (Phi) is 6.97. The number of aromatic nitrogens is 4. The molecule has 36 heavy (non-hydrogen) atoms. The molecule has 0 spiro atoms. The van der Waals surface area contributed by atoms with Gasteiger partial charge in [0.2, 0.25) is 11.9 Å². The van der Waals surface area contributed by atoms with Crippen LogP contribution in [0.2, 0.25) is 0 Å². The van der Waals surface area contributed by atoms with E-state index in [0.29, 0.717) is 30.2 Å². The fourth-order valence-corrected chi connectivity index (χ4v) is 4.24. The number of rotatable bonds is 10. The number of imidazole rings is 1. The first-order valence-corrected chi connectivity index (χ1v) is 12.4. The molecule has 2 aromatic heterocycles. The van der Waals surface area contributed by atoms with Crippen molar-refractivity contribution in [3.05, 3.63) is 60.9 Å². The molecule has 1 aliphatic rings. The molecule has 0 saturated carbocycles. The van der Waals surface area contributed by atoms with Crippen LogP contribution >= 0.6 is 0 Å². The van der Waals surface area contributed by atoms with E-state index in [1.165, 1.54) is 0 Å². The molecular weight excluding hydrogens is 454 g/mol. The fraction of sp³-hybridized carbons (Fsp3) is 0.333. The highest BCUT2D eigenvalue weighted by Crippen LogP contribution is 2.28. The van der Waals surface area contributed by atoms with E-state index in [1.807, 2.05) is 64.1 Å².